The molecule has 2 heterocycles. The first-order valence-corrected chi connectivity index (χ1v) is 4.57. The predicted molar refractivity (Wildman–Crippen MR) is 57.1 cm³/mol. The minimum Gasteiger partial charge on any atom is -0.306 e. The minimum absolute atomic E-state index is 0.265. The molecule has 0 N–H and O–H groups in total. The number of allylic oxidation sites excluding steroid dienone is 3. The van der Waals surface area contributed by atoms with Crippen LogP contribution in [0.15, 0.2) is 58.3 Å². The van der Waals surface area contributed by atoms with Crippen molar-refractivity contribution in [2.24, 2.45) is 9.98 Å². The van der Waals surface area contributed by atoms with Gasteiger partial charge in [0.1, 0.15) is 0 Å². The van der Waals surface area contributed by atoms with E-state index in [4.69, 9.17) is 0 Å². The van der Waals surface area contributed by atoms with Crippen LogP contribution in [0.25, 0.3) is 0 Å². The Labute approximate surface area is 82.2 Å². The highest BCUT2D eigenvalue weighted by Gasteiger charge is 2.25. The molecule has 0 aromatic heterocycles. The van der Waals surface area contributed by atoms with Crippen LogP contribution in [-0.2, 0) is 0 Å². The topological polar surface area (TPSA) is 28.0 Å². The molecule has 2 aliphatic heterocycles. The summed E-state index contributed by atoms with van der Waals surface area (Å²) in [5.41, 5.74) is 1.21. The zero-order valence-electron chi connectivity index (χ0n) is 7.54. The van der Waals surface area contributed by atoms with Crippen LogP contribution >= 0.6 is 0 Å². The van der Waals surface area contributed by atoms with Crippen LogP contribution in [0.2, 0.25) is 0 Å². The fourth-order valence-corrected chi connectivity index (χ4v) is 1.74. The Morgan fingerprint density at radius 1 is 1.21 bits per heavy atom. The number of hydrogen-bond donors (Lipinski definition) is 0. The molecule has 1 aliphatic carbocycles. The van der Waals surface area contributed by atoms with E-state index < -0.39 is 0 Å². The third kappa shape index (κ3) is 0.988. The molecule has 1 unspecified atom stereocenters. The van der Waals surface area contributed by atoms with Crippen molar-refractivity contribution in [1.82, 2.24) is 4.90 Å². The molecule has 0 spiro atoms. The van der Waals surface area contributed by atoms with Crippen molar-refractivity contribution in [3.63, 3.8) is 0 Å². The van der Waals surface area contributed by atoms with Gasteiger partial charge >= 0.3 is 0 Å². The molecule has 0 aromatic rings. The number of fused-ring (bicyclic) bond motifs is 3. The summed E-state index contributed by atoms with van der Waals surface area (Å²) >= 11 is 0. The quantitative estimate of drug-likeness (QED) is 0.561. The van der Waals surface area contributed by atoms with Gasteiger partial charge in [0.15, 0.2) is 0 Å². The van der Waals surface area contributed by atoms with E-state index in [1.54, 1.807) is 6.21 Å². The lowest BCUT2D eigenvalue weighted by atomic mass is 10.0. The van der Waals surface area contributed by atoms with Crippen LogP contribution in [0.1, 0.15) is 0 Å². The van der Waals surface area contributed by atoms with Gasteiger partial charge in [-0.05, 0) is 11.6 Å². The van der Waals surface area contributed by atoms with Crippen LogP contribution in [0.3, 0.4) is 0 Å². The highest BCUT2D eigenvalue weighted by atomic mass is 15.3. The molecule has 3 heteroatoms. The van der Waals surface area contributed by atoms with Crippen LogP contribution < -0.4 is 0 Å². The molecule has 68 valence electrons. The summed E-state index contributed by atoms with van der Waals surface area (Å²) in [6.07, 6.45) is 15.9. The van der Waals surface area contributed by atoms with E-state index in [0.29, 0.717) is 0 Å². The Bertz CT molecular complexity index is 393. The molecule has 14 heavy (non-hydrogen) atoms. The molecule has 0 fully saturated rings. The molecular weight excluding hydrogens is 174 g/mol. The lowest BCUT2D eigenvalue weighted by Gasteiger charge is -2.32. The third-order valence-electron chi connectivity index (χ3n) is 2.42. The van der Waals surface area contributed by atoms with Crippen LogP contribution in [0.4, 0.5) is 0 Å². The highest BCUT2D eigenvalue weighted by Crippen LogP contribution is 2.23. The van der Waals surface area contributed by atoms with E-state index in [1.165, 1.54) is 5.57 Å². The number of nitrogens with zero attached hydrogens (tertiary/aromatic N) is 3. The molecule has 0 saturated carbocycles. The van der Waals surface area contributed by atoms with E-state index in [-0.39, 0.29) is 6.04 Å². The smallest absolute Gasteiger partial charge is 0.230 e. The zero-order valence-corrected chi connectivity index (χ0v) is 7.54. The van der Waals surface area contributed by atoms with Gasteiger partial charge < -0.3 is 4.90 Å². The van der Waals surface area contributed by atoms with Gasteiger partial charge in [-0.2, -0.15) is 0 Å². The lowest BCUT2D eigenvalue weighted by Crippen LogP contribution is -2.38. The first kappa shape index (κ1) is 7.50. The Kier molecular flexibility index (Phi) is 1.50. The summed E-state index contributed by atoms with van der Waals surface area (Å²) < 4.78 is 0. The predicted octanol–water partition coefficient (Wildman–Crippen LogP) is 1.63. The second kappa shape index (κ2) is 2.80. The fraction of sp³-hybridized carbons (Fsp3) is 0.0909. The monoisotopic (exact) mass is 183 g/mol. The second-order valence-electron chi connectivity index (χ2n) is 3.27. The molecule has 0 bridgehead atoms. The largest absolute Gasteiger partial charge is 0.306 e. The van der Waals surface area contributed by atoms with Crippen molar-refractivity contribution >= 4 is 12.2 Å². The summed E-state index contributed by atoms with van der Waals surface area (Å²) in [6.45, 7) is 0. The number of aliphatic imine (C=N–C) groups is 2. The molecular formula is C11H9N3. The molecule has 3 aliphatic rings. The van der Waals surface area contributed by atoms with Crippen molar-refractivity contribution in [2.45, 2.75) is 6.04 Å². The maximum atomic E-state index is 4.28. The zero-order chi connectivity index (χ0) is 9.38. The van der Waals surface area contributed by atoms with Gasteiger partial charge in [-0.3, -0.25) is 0 Å². The SMILES string of the molecule is C1=CC2=CN=C3N=CC=CN3C2C=C1. The van der Waals surface area contributed by atoms with Crippen LogP contribution in [-0.4, -0.2) is 23.1 Å². The summed E-state index contributed by atoms with van der Waals surface area (Å²) in [5, 5.41) is 0. The fourth-order valence-electron chi connectivity index (χ4n) is 1.74. The van der Waals surface area contributed by atoms with Crippen molar-refractivity contribution in [2.75, 3.05) is 0 Å². The highest BCUT2D eigenvalue weighted by molar-refractivity contribution is 5.95. The van der Waals surface area contributed by atoms with Crippen LogP contribution in [0.5, 0.6) is 0 Å². The first-order valence-electron chi connectivity index (χ1n) is 4.57. The number of rotatable bonds is 0. The van der Waals surface area contributed by atoms with Gasteiger partial charge in [0.2, 0.25) is 5.96 Å². The summed E-state index contributed by atoms with van der Waals surface area (Å²) in [7, 11) is 0. The second-order valence-corrected chi connectivity index (χ2v) is 3.27. The van der Waals surface area contributed by atoms with Gasteiger partial charge in [-0.25, -0.2) is 9.98 Å². The van der Waals surface area contributed by atoms with Crippen molar-refractivity contribution in [3.8, 4) is 0 Å². The van der Waals surface area contributed by atoms with Crippen molar-refractivity contribution in [1.29, 1.82) is 0 Å². The van der Waals surface area contributed by atoms with E-state index in [2.05, 4.69) is 33.1 Å². The van der Waals surface area contributed by atoms with E-state index in [0.717, 1.165) is 5.96 Å². The lowest BCUT2D eigenvalue weighted by molar-refractivity contribution is 0.505. The van der Waals surface area contributed by atoms with E-state index in [9.17, 15) is 0 Å². The number of guanidine groups is 1. The van der Waals surface area contributed by atoms with Crippen molar-refractivity contribution in [3.05, 3.63) is 48.4 Å². The maximum Gasteiger partial charge on any atom is 0.230 e. The Morgan fingerprint density at radius 2 is 2.21 bits per heavy atom. The van der Waals surface area contributed by atoms with E-state index >= 15 is 0 Å². The molecule has 1 atom stereocenters. The average Bonchev–Trinajstić information content (AvgIpc) is 2.29. The molecule has 0 saturated heterocycles. The average molecular weight is 183 g/mol. The Balaban J connectivity index is 2.08. The van der Waals surface area contributed by atoms with Crippen molar-refractivity contribution < 1.29 is 0 Å². The van der Waals surface area contributed by atoms with Gasteiger partial charge in [0.25, 0.3) is 0 Å². The maximum absolute atomic E-state index is 4.28. The Morgan fingerprint density at radius 3 is 3.21 bits per heavy atom. The normalized spacial score (nSPS) is 26.9. The molecule has 3 nitrogen and oxygen atoms in total. The molecule has 0 radical (unpaired) electrons. The Hall–Kier alpha value is -1.90. The van der Waals surface area contributed by atoms with Crippen LogP contribution in [0, 0.1) is 0 Å². The number of hydrogen-bond acceptors (Lipinski definition) is 3. The molecule has 3 rings (SSSR count). The molecule has 0 amide bonds. The summed E-state index contributed by atoms with van der Waals surface area (Å²) in [5.74, 6) is 0.765. The van der Waals surface area contributed by atoms with Gasteiger partial charge in [-0.1, -0.05) is 24.3 Å². The summed E-state index contributed by atoms with van der Waals surface area (Å²) in [6, 6.07) is 0.265. The minimum atomic E-state index is 0.265. The van der Waals surface area contributed by atoms with Gasteiger partial charge in [-0.15, -0.1) is 0 Å². The first-order chi connectivity index (χ1) is 6.95. The summed E-state index contributed by atoms with van der Waals surface area (Å²) in [4.78, 5) is 10.6. The van der Waals surface area contributed by atoms with Gasteiger partial charge in [0.05, 0.1) is 6.04 Å². The molecule has 0 aromatic carbocycles. The van der Waals surface area contributed by atoms with E-state index in [1.807, 2.05) is 24.6 Å². The van der Waals surface area contributed by atoms with Gasteiger partial charge in [0, 0.05) is 18.6 Å². The standard InChI is InChI=1S/C11H9N3/c1-2-5-10-9(4-1)8-13-11-12-6-3-7-14(10)11/h1-8,10H. The third-order valence-corrected chi connectivity index (χ3v) is 2.42.